The number of carbonyl (C=O) groups excluding carboxylic acids is 1. The highest BCUT2D eigenvalue weighted by Crippen LogP contribution is 2.22. The molecule has 0 aliphatic heterocycles. The number of nitrogens with one attached hydrogen (secondary N) is 1. The molecule has 0 atom stereocenters. The molecule has 0 unspecified atom stereocenters. The maximum absolute atomic E-state index is 12.0. The Morgan fingerprint density at radius 2 is 1.96 bits per heavy atom. The smallest absolute Gasteiger partial charge is 0.303 e. The Hall–Kier alpha value is -3.02. The molecule has 0 radical (unpaired) electrons. The van der Waals surface area contributed by atoms with Gasteiger partial charge >= 0.3 is 5.97 Å². The number of carboxylic acid groups (broad SMARTS) is 1. The van der Waals surface area contributed by atoms with E-state index in [9.17, 15) is 9.59 Å². The average Bonchev–Trinajstić information content (AvgIpc) is 2.58. The second-order valence-corrected chi connectivity index (χ2v) is 5.56. The van der Waals surface area contributed by atoms with E-state index in [0.29, 0.717) is 17.9 Å². The van der Waals surface area contributed by atoms with Crippen molar-refractivity contribution in [2.45, 2.75) is 19.8 Å². The quantitative estimate of drug-likeness (QED) is 0.769. The molecule has 0 aliphatic rings. The van der Waals surface area contributed by atoms with Crippen LogP contribution in [0.1, 0.15) is 17.5 Å². The lowest BCUT2D eigenvalue weighted by Crippen LogP contribution is -2.20. The Balaban J connectivity index is 1.88. The van der Waals surface area contributed by atoms with Crippen molar-refractivity contribution in [3.8, 4) is 11.5 Å². The van der Waals surface area contributed by atoms with Crippen LogP contribution in [0.2, 0.25) is 0 Å². The maximum atomic E-state index is 12.0. The van der Waals surface area contributed by atoms with Crippen molar-refractivity contribution in [3.05, 3.63) is 53.6 Å². The maximum Gasteiger partial charge on any atom is 0.303 e. The predicted octanol–water partition coefficient (Wildman–Crippen LogP) is 3.04. The van der Waals surface area contributed by atoms with E-state index in [1.807, 2.05) is 13.0 Å². The van der Waals surface area contributed by atoms with Crippen LogP contribution < -0.4 is 14.8 Å². The van der Waals surface area contributed by atoms with Crippen molar-refractivity contribution >= 4 is 17.6 Å². The number of ether oxygens (including phenoxy) is 2. The number of rotatable bonds is 8. The van der Waals surface area contributed by atoms with Crippen LogP contribution in [0.25, 0.3) is 0 Å². The zero-order chi connectivity index (χ0) is 18.2. The van der Waals surface area contributed by atoms with Gasteiger partial charge in [-0.05, 0) is 54.8 Å². The van der Waals surface area contributed by atoms with Crippen LogP contribution >= 0.6 is 0 Å². The van der Waals surface area contributed by atoms with Gasteiger partial charge in [0.05, 0.1) is 7.11 Å². The number of carboxylic acids is 1. The summed E-state index contributed by atoms with van der Waals surface area (Å²) in [6.45, 7) is 1.78. The normalized spacial score (nSPS) is 10.2. The van der Waals surface area contributed by atoms with Crippen LogP contribution in [0.3, 0.4) is 0 Å². The van der Waals surface area contributed by atoms with Crippen LogP contribution in [-0.2, 0) is 16.0 Å². The highest BCUT2D eigenvalue weighted by atomic mass is 16.5. The number of anilines is 1. The molecular weight excluding hydrogens is 322 g/mol. The van der Waals surface area contributed by atoms with Gasteiger partial charge in [0.25, 0.3) is 5.91 Å². The molecule has 6 nitrogen and oxygen atoms in total. The first kappa shape index (κ1) is 18.3. The number of aliphatic carboxylic acids is 1. The minimum Gasteiger partial charge on any atom is -0.496 e. The average molecular weight is 343 g/mol. The molecular formula is C19H21NO5. The van der Waals surface area contributed by atoms with Crippen molar-refractivity contribution in [1.82, 2.24) is 0 Å². The molecule has 0 aromatic heterocycles. The Morgan fingerprint density at radius 3 is 2.64 bits per heavy atom. The number of amides is 1. The highest BCUT2D eigenvalue weighted by Gasteiger charge is 2.07. The summed E-state index contributed by atoms with van der Waals surface area (Å²) in [7, 11) is 1.60. The first-order valence-corrected chi connectivity index (χ1v) is 7.86. The van der Waals surface area contributed by atoms with Crippen molar-refractivity contribution in [1.29, 1.82) is 0 Å². The fraction of sp³-hybridized carbons (Fsp3) is 0.263. The van der Waals surface area contributed by atoms with Gasteiger partial charge in [-0.3, -0.25) is 9.59 Å². The molecule has 6 heteroatoms. The Labute approximate surface area is 146 Å². The van der Waals surface area contributed by atoms with Gasteiger partial charge in [-0.1, -0.05) is 12.1 Å². The number of hydrogen-bond acceptors (Lipinski definition) is 4. The van der Waals surface area contributed by atoms with Gasteiger partial charge < -0.3 is 19.9 Å². The highest BCUT2D eigenvalue weighted by molar-refractivity contribution is 5.91. The molecule has 1 amide bonds. The molecule has 2 N–H and O–H groups in total. The molecule has 0 saturated heterocycles. The van der Waals surface area contributed by atoms with E-state index >= 15 is 0 Å². The van der Waals surface area contributed by atoms with Crippen molar-refractivity contribution < 1.29 is 24.2 Å². The lowest BCUT2D eigenvalue weighted by Gasteiger charge is -2.10. The molecule has 0 saturated carbocycles. The third kappa shape index (κ3) is 5.84. The molecule has 25 heavy (non-hydrogen) atoms. The molecule has 0 aliphatic carbocycles. The van der Waals surface area contributed by atoms with Crippen LogP contribution in [-0.4, -0.2) is 30.7 Å². The topological polar surface area (TPSA) is 84.9 Å². The minimum absolute atomic E-state index is 0.0529. The first-order chi connectivity index (χ1) is 12.0. The van der Waals surface area contributed by atoms with E-state index in [1.165, 1.54) is 0 Å². The number of benzene rings is 2. The number of carbonyl (C=O) groups is 2. The van der Waals surface area contributed by atoms with Gasteiger partial charge in [0.1, 0.15) is 11.5 Å². The summed E-state index contributed by atoms with van der Waals surface area (Å²) in [5.74, 6) is 0.208. The van der Waals surface area contributed by atoms with Crippen LogP contribution in [0.4, 0.5) is 5.69 Å². The van der Waals surface area contributed by atoms with E-state index in [1.54, 1.807) is 43.5 Å². The molecule has 0 fully saturated rings. The van der Waals surface area contributed by atoms with E-state index < -0.39 is 5.97 Å². The van der Waals surface area contributed by atoms with Gasteiger partial charge in [-0.15, -0.1) is 0 Å². The van der Waals surface area contributed by atoms with Crippen LogP contribution in [0.15, 0.2) is 42.5 Å². The third-order valence-corrected chi connectivity index (χ3v) is 3.57. The molecule has 0 bridgehead atoms. The standard InChI is InChI=1S/C19H21NO5/c1-13-10-16(7-8-17(13)24-2)25-12-18(21)20-15-5-3-4-14(11-15)6-9-19(22)23/h3-5,7-8,10-11H,6,9,12H2,1-2H3,(H,20,21)(H,22,23). The monoisotopic (exact) mass is 343 g/mol. The SMILES string of the molecule is COc1ccc(OCC(=O)Nc2cccc(CCC(=O)O)c2)cc1C. The molecule has 2 rings (SSSR count). The summed E-state index contributed by atoms with van der Waals surface area (Å²) >= 11 is 0. The molecule has 0 heterocycles. The van der Waals surface area contributed by atoms with E-state index in [-0.39, 0.29) is 18.9 Å². The number of methoxy groups -OCH3 is 1. The number of aryl methyl sites for hydroxylation is 2. The van der Waals surface area contributed by atoms with Gasteiger partial charge in [-0.25, -0.2) is 0 Å². The van der Waals surface area contributed by atoms with Gasteiger partial charge in [-0.2, -0.15) is 0 Å². The summed E-state index contributed by atoms with van der Waals surface area (Å²) in [6, 6.07) is 12.5. The zero-order valence-electron chi connectivity index (χ0n) is 14.2. The number of hydrogen-bond donors (Lipinski definition) is 2. The molecule has 132 valence electrons. The van der Waals surface area contributed by atoms with Crippen molar-refractivity contribution in [2.75, 3.05) is 19.0 Å². The minimum atomic E-state index is -0.849. The fourth-order valence-corrected chi connectivity index (χ4v) is 2.34. The second-order valence-electron chi connectivity index (χ2n) is 5.56. The van der Waals surface area contributed by atoms with Gasteiger partial charge in [0.2, 0.25) is 0 Å². The van der Waals surface area contributed by atoms with E-state index in [4.69, 9.17) is 14.6 Å². The van der Waals surface area contributed by atoms with Crippen molar-refractivity contribution in [2.24, 2.45) is 0 Å². The fourth-order valence-electron chi connectivity index (χ4n) is 2.34. The Morgan fingerprint density at radius 1 is 1.16 bits per heavy atom. The van der Waals surface area contributed by atoms with Gasteiger partial charge in [0.15, 0.2) is 6.61 Å². The molecule has 0 spiro atoms. The third-order valence-electron chi connectivity index (χ3n) is 3.57. The summed E-state index contributed by atoms with van der Waals surface area (Å²) in [5.41, 5.74) is 2.39. The van der Waals surface area contributed by atoms with Crippen LogP contribution in [0.5, 0.6) is 11.5 Å². The first-order valence-electron chi connectivity index (χ1n) is 7.86. The van der Waals surface area contributed by atoms with Crippen molar-refractivity contribution in [3.63, 3.8) is 0 Å². The Bertz CT molecular complexity index is 757. The summed E-state index contributed by atoms with van der Waals surface area (Å²) in [6.07, 6.45) is 0.470. The Kier molecular flexibility index (Phi) is 6.39. The van der Waals surface area contributed by atoms with Crippen LogP contribution in [0, 0.1) is 6.92 Å². The molecule has 2 aromatic rings. The lowest BCUT2D eigenvalue weighted by atomic mass is 10.1. The van der Waals surface area contributed by atoms with Gasteiger partial charge in [0, 0.05) is 12.1 Å². The predicted molar refractivity (Wildman–Crippen MR) is 94.3 cm³/mol. The van der Waals surface area contributed by atoms with E-state index in [0.717, 1.165) is 16.9 Å². The zero-order valence-corrected chi connectivity index (χ0v) is 14.2. The lowest BCUT2D eigenvalue weighted by molar-refractivity contribution is -0.137. The van der Waals surface area contributed by atoms with E-state index in [2.05, 4.69) is 5.32 Å². The molecule has 2 aromatic carbocycles. The largest absolute Gasteiger partial charge is 0.496 e. The summed E-state index contributed by atoms with van der Waals surface area (Å²) in [5, 5.41) is 11.5. The summed E-state index contributed by atoms with van der Waals surface area (Å²) < 4.78 is 10.7. The summed E-state index contributed by atoms with van der Waals surface area (Å²) in [4.78, 5) is 22.6. The second kappa shape index (κ2) is 8.73.